The zero-order chi connectivity index (χ0) is 9.68. The molecule has 1 heterocycles. The molecule has 0 radical (unpaired) electrons. The van der Waals surface area contributed by atoms with E-state index in [1.807, 2.05) is 4.98 Å². The largest absolute Gasteiger partial charge is 0.473 e. The van der Waals surface area contributed by atoms with Gasteiger partial charge in [0, 0.05) is 0 Å². The van der Waals surface area contributed by atoms with E-state index in [4.69, 9.17) is 10.5 Å². The fraction of sp³-hybridized carbons (Fsp3) is 0.500. The van der Waals surface area contributed by atoms with Crippen LogP contribution in [0.3, 0.4) is 0 Å². The first-order chi connectivity index (χ1) is 6.24. The standard InChI is InChI=1S/C6H10N4O3/c7-2-1-3-13-5-4(11)8-6(12)10-9-5/h1-3,7H2,(H2,8,10,11,12). The monoisotopic (exact) mass is 186 g/mol. The van der Waals surface area contributed by atoms with Crippen LogP contribution in [0, 0.1) is 0 Å². The van der Waals surface area contributed by atoms with Crippen LogP contribution < -0.4 is 21.7 Å². The summed E-state index contributed by atoms with van der Waals surface area (Å²) in [6, 6.07) is 0. The van der Waals surface area contributed by atoms with Gasteiger partial charge in [0.1, 0.15) is 0 Å². The topological polar surface area (TPSA) is 114 Å². The molecule has 7 heteroatoms. The van der Waals surface area contributed by atoms with Crippen molar-refractivity contribution in [2.75, 3.05) is 13.2 Å². The second-order valence-corrected chi connectivity index (χ2v) is 2.30. The molecule has 0 spiro atoms. The minimum atomic E-state index is -0.656. The van der Waals surface area contributed by atoms with Gasteiger partial charge in [-0.3, -0.25) is 9.78 Å². The number of nitrogens with zero attached hydrogens (tertiary/aromatic N) is 1. The van der Waals surface area contributed by atoms with Crippen LogP contribution in [0.5, 0.6) is 5.88 Å². The summed E-state index contributed by atoms with van der Waals surface area (Å²) in [4.78, 5) is 23.4. The molecule has 0 bridgehead atoms. The normalized spacial score (nSPS) is 9.92. The van der Waals surface area contributed by atoms with E-state index in [0.29, 0.717) is 19.6 Å². The molecule has 0 amide bonds. The molecular weight excluding hydrogens is 176 g/mol. The minimum Gasteiger partial charge on any atom is -0.473 e. The Bertz CT molecular complexity index is 369. The maximum absolute atomic E-state index is 10.9. The van der Waals surface area contributed by atoms with Gasteiger partial charge in [-0.1, -0.05) is 0 Å². The first-order valence-corrected chi connectivity index (χ1v) is 3.76. The number of aromatic amines is 2. The molecule has 0 aliphatic rings. The third kappa shape index (κ3) is 2.71. The van der Waals surface area contributed by atoms with Crippen LogP contribution in [0.4, 0.5) is 0 Å². The molecule has 1 aromatic rings. The van der Waals surface area contributed by atoms with E-state index >= 15 is 0 Å². The van der Waals surface area contributed by atoms with Gasteiger partial charge >= 0.3 is 11.2 Å². The summed E-state index contributed by atoms with van der Waals surface area (Å²) in [5.74, 6) is -0.145. The van der Waals surface area contributed by atoms with Crippen molar-refractivity contribution in [2.24, 2.45) is 5.73 Å². The first kappa shape index (κ1) is 9.46. The molecular formula is C6H10N4O3. The zero-order valence-electron chi connectivity index (χ0n) is 6.87. The fourth-order valence-electron chi connectivity index (χ4n) is 0.687. The number of hydrogen-bond donors (Lipinski definition) is 3. The third-order valence-corrected chi connectivity index (χ3v) is 1.27. The maximum atomic E-state index is 10.9. The Balaban J connectivity index is 2.67. The smallest absolute Gasteiger partial charge is 0.342 e. The number of aromatic nitrogens is 3. The summed E-state index contributed by atoms with van der Waals surface area (Å²) < 4.78 is 4.93. The van der Waals surface area contributed by atoms with E-state index < -0.39 is 11.2 Å². The van der Waals surface area contributed by atoms with Crippen molar-refractivity contribution in [3.05, 3.63) is 20.8 Å². The predicted octanol–water partition coefficient (Wildman–Crippen LogP) is -1.81. The number of hydrogen-bond acceptors (Lipinski definition) is 5. The van der Waals surface area contributed by atoms with Crippen molar-refractivity contribution in [3.8, 4) is 5.88 Å². The summed E-state index contributed by atoms with van der Waals surface area (Å²) >= 11 is 0. The molecule has 0 saturated heterocycles. The lowest BCUT2D eigenvalue weighted by Gasteiger charge is -2.00. The van der Waals surface area contributed by atoms with Gasteiger partial charge < -0.3 is 10.5 Å². The second-order valence-electron chi connectivity index (χ2n) is 2.30. The van der Waals surface area contributed by atoms with Gasteiger partial charge in [-0.25, -0.2) is 9.89 Å². The fourth-order valence-corrected chi connectivity index (χ4v) is 0.687. The number of nitrogens with two attached hydrogens (primary N) is 1. The summed E-state index contributed by atoms with van der Waals surface area (Å²) in [5.41, 5.74) is 3.92. The van der Waals surface area contributed by atoms with Crippen LogP contribution in [0.15, 0.2) is 9.59 Å². The SMILES string of the molecule is NCCCOc1n[nH]c(=O)[nH]c1=O. The van der Waals surface area contributed by atoms with E-state index in [1.165, 1.54) is 0 Å². The van der Waals surface area contributed by atoms with E-state index in [9.17, 15) is 9.59 Å². The highest BCUT2D eigenvalue weighted by atomic mass is 16.5. The molecule has 72 valence electrons. The molecule has 4 N–H and O–H groups in total. The van der Waals surface area contributed by atoms with Crippen molar-refractivity contribution in [3.63, 3.8) is 0 Å². The van der Waals surface area contributed by atoms with Gasteiger partial charge in [0.05, 0.1) is 6.61 Å². The quantitative estimate of drug-likeness (QED) is 0.479. The van der Waals surface area contributed by atoms with Crippen LogP contribution in [0.2, 0.25) is 0 Å². The molecule has 1 rings (SSSR count). The molecule has 1 aromatic heterocycles. The average Bonchev–Trinajstić information content (AvgIpc) is 2.09. The summed E-state index contributed by atoms with van der Waals surface area (Å²) in [7, 11) is 0. The van der Waals surface area contributed by atoms with Crippen LogP contribution >= 0.6 is 0 Å². The van der Waals surface area contributed by atoms with Crippen molar-refractivity contribution in [1.29, 1.82) is 0 Å². The maximum Gasteiger partial charge on any atom is 0.342 e. The lowest BCUT2D eigenvalue weighted by atomic mass is 10.5. The van der Waals surface area contributed by atoms with Crippen LogP contribution in [0.1, 0.15) is 6.42 Å². The third-order valence-electron chi connectivity index (χ3n) is 1.27. The number of ether oxygens (including phenoxy) is 1. The molecule has 7 nitrogen and oxygen atoms in total. The Morgan fingerprint density at radius 1 is 1.46 bits per heavy atom. The molecule has 13 heavy (non-hydrogen) atoms. The van der Waals surface area contributed by atoms with Gasteiger partial charge in [-0.2, -0.15) is 0 Å². The molecule has 0 saturated carbocycles. The van der Waals surface area contributed by atoms with Crippen LogP contribution in [-0.4, -0.2) is 28.3 Å². The Morgan fingerprint density at radius 2 is 2.23 bits per heavy atom. The summed E-state index contributed by atoms with van der Waals surface area (Å²) in [6.45, 7) is 0.778. The highest BCUT2D eigenvalue weighted by molar-refractivity contribution is 4.98. The second kappa shape index (κ2) is 4.41. The van der Waals surface area contributed by atoms with E-state index in [1.54, 1.807) is 0 Å². The van der Waals surface area contributed by atoms with Crippen LogP contribution in [0.25, 0.3) is 0 Å². The molecule has 0 aromatic carbocycles. The molecule has 0 atom stereocenters. The predicted molar refractivity (Wildman–Crippen MR) is 44.6 cm³/mol. The van der Waals surface area contributed by atoms with E-state index in [0.717, 1.165) is 0 Å². The highest BCUT2D eigenvalue weighted by Crippen LogP contribution is 1.90. The van der Waals surface area contributed by atoms with E-state index in [-0.39, 0.29) is 5.88 Å². The Kier molecular flexibility index (Phi) is 3.21. The number of H-pyrrole nitrogens is 2. The van der Waals surface area contributed by atoms with Gasteiger partial charge in [-0.05, 0) is 13.0 Å². The van der Waals surface area contributed by atoms with E-state index in [2.05, 4.69) is 10.2 Å². The van der Waals surface area contributed by atoms with Gasteiger partial charge in [0.15, 0.2) is 0 Å². The number of nitrogens with one attached hydrogen (secondary N) is 2. The zero-order valence-corrected chi connectivity index (χ0v) is 6.87. The molecule has 0 aliphatic heterocycles. The van der Waals surface area contributed by atoms with Gasteiger partial charge in [-0.15, -0.1) is 5.10 Å². The van der Waals surface area contributed by atoms with Crippen molar-refractivity contribution >= 4 is 0 Å². The summed E-state index contributed by atoms with van der Waals surface area (Å²) in [6.07, 6.45) is 0.625. The van der Waals surface area contributed by atoms with Crippen LogP contribution in [-0.2, 0) is 0 Å². The Morgan fingerprint density at radius 3 is 2.85 bits per heavy atom. The number of rotatable bonds is 4. The Labute approximate surface area is 72.9 Å². The lowest BCUT2D eigenvalue weighted by Crippen LogP contribution is -2.25. The molecule has 0 fully saturated rings. The Hall–Kier alpha value is -1.63. The van der Waals surface area contributed by atoms with Crippen molar-refractivity contribution in [2.45, 2.75) is 6.42 Å². The molecule has 0 unspecified atom stereocenters. The molecule has 0 aliphatic carbocycles. The minimum absolute atomic E-state index is 0.145. The van der Waals surface area contributed by atoms with Crippen molar-refractivity contribution < 1.29 is 4.74 Å². The highest BCUT2D eigenvalue weighted by Gasteiger charge is 2.01. The van der Waals surface area contributed by atoms with Crippen molar-refractivity contribution in [1.82, 2.24) is 15.2 Å². The first-order valence-electron chi connectivity index (χ1n) is 3.76. The average molecular weight is 186 g/mol. The van der Waals surface area contributed by atoms with Gasteiger partial charge in [0.2, 0.25) is 0 Å². The summed E-state index contributed by atoms with van der Waals surface area (Å²) in [5, 5.41) is 5.46. The van der Waals surface area contributed by atoms with Gasteiger partial charge in [0.25, 0.3) is 5.88 Å². The lowest BCUT2D eigenvalue weighted by molar-refractivity contribution is 0.292.